The van der Waals surface area contributed by atoms with Crippen LogP contribution in [0.15, 0.2) is 42.5 Å². The number of carbonyl (C=O) groups is 1. The number of anilines is 2. The third kappa shape index (κ3) is 3.82. The van der Waals surface area contributed by atoms with Crippen LogP contribution in [0.4, 0.5) is 15.8 Å². The van der Waals surface area contributed by atoms with Crippen LogP contribution < -0.4 is 9.62 Å². The summed E-state index contributed by atoms with van der Waals surface area (Å²) in [5.41, 5.74) is 2.24. The summed E-state index contributed by atoms with van der Waals surface area (Å²) in [5.74, 6) is -0.553. The molecule has 1 fully saturated rings. The Hall–Kier alpha value is -2.41. The minimum Gasteiger partial charge on any atom is -0.322 e. The van der Waals surface area contributed by atoms with Crippen molar-refractivity contribution in [3.8, 4) is 0 Å². The van der Waals surface area contributed by atoms with Gasteiger partial charge in [-0.15, -0.1) is 0 Å². The third-order valence-corrected chi connectivity index (χ3v) is 6.03. The van der Waals surface area contributed by atoms with Crippen LogP contribution >= 0.6 is 0 Å². The maximum Gasteiger partial charge on any atom is 0.255 e. The third-order valence-electron chi connectivity index (χ3n) is 4.18. The highest BCUT2D eigenvalue weighted by atomic mass is 32.2. The van der Waals surface area contributed by atoms with Crippen molar-refractivity contribution in [2.75, 3.05) is 21.9 Å². The highest BCUT2D eigenvalue weighted by Gasteiger charge is 2.27. The molecule has 2 aromatic rings. The van der Waals surface area contributed by atoms with Crippen molar-refractivity contribution < 1.29 is 17.6 Å². The van der Waals surface area contributed by atoms with E-state index in [0.29, 0.717) is 29.9 Å². The Labute approximate surface area is 146 Å². The molecule has 0 atom stereocenters. The van der Waals surface area contributed by atoms with Gasteiger partial charge < -0.3 is 5.32 Å². The number of hydrogen-bond acceptors (Lipinski definition) is 3. The lowest BCUT2D eigenvalue weighted by Crippen LogP contribution is -2.38. The van der Waals surface area contributed by atoms with Gasteiger partial charge in [0.1, 0.15) is 5.82 Å². The number of halogens is 1. The summed E-state index contributed by atoms with van der Waals surface area (Å²) in [6.07, 6.45) is 1.50. The minimum absolute atomic E-state index is 0.152. The van der Waals surface area contributed by atoms with Gasteiger partial charge >= 0.3 is 0 Å². The molecule has 0 unspecified atom stereocenters. The molecule has 0 bridgehead atoms. The largest absolute Gasteiger partial charge is 0.322 e. The summed E-state index contributed by atoms with van der Waals surface area (Å²) in [6.45, 7) is 2.25. The van der Waals surface area contributed by atoms with Gasteiger partial charge in [-0.2, -0.15) is 0 Å². The van der Waals surface area contributed by atoms with Crippen LogP contribution in [0, 0.1) is 12.7 Å². The highest BCUT2D eigenvalue weighted by Crippen LogP contribution is 2.27. The Morgan fingerprint density at radius 1 is 1.12 bits per heavy atom. The van der Waals surface area contributed by atoms with Crippen LogP contribution in [0.1, 0.15) is 28.8 Å². The molecule has 1 aliphatic rings. The van der Waals surface area contributed by atoms with E-state index >= 15 is 0 Å². The van der Waals surface area contributed by atoms with Crippen LogP contribution in [0.5, 0.6) is 0 Å². The quantitative estimate of drug-likeness (QED) is 0.911. The van der Waals surface area contributed by atoms with Crippen LogP contribution in [0.2, 0.25) is 0 Å². The van der Waals surface area contributed by atoms with Crippen LogP contribution in [0.3, 0.4) is 0 Å². The van der Waals surface area contributed by atoms with Crippen molar-refractivity contribution in [2.24, 2.45) is 0 Å². The number of carbonyl (C=O) groups excluding carboxylic acids is 1. The first-order chi connectivity index (χ1) is 11.9. The average molecular weight is 362 g/mol. The summed E-state index contributed by atoms with van der Waals surface area (Å²) >= 11 is 0. The topological polar surface area (TPSA) is 66.5 Å². The number of hydrogen-bond donors (Lipinski definition) is 1. The van der Waals surface area contributed by atoms with Gasteiger partial charge in [0, 0.05) is 17.8 Å². The lowest BCUT2D eigenvalue weighted by atomic mass is 10.1. The maximum atomic E-state index is 12.9. The smallest absolute Gasteiger partial charge is 0.255 e. The number of nitrogens with one attached hydrogen (secondary N) is 1. The van der Waals surface area contributed by atoms with Crippen molar-refractivity contribution >= 4 is 27.3 Å². The van der Waals surface area contributed by atoms with Crippen molar-refractivity contribution in [1.82, 2.24) is 0 Å². The number of sulfonamides is 1. The first-order valence-electron chi connectivity index (χ1n) is 8.05. The summed E-state index contributed by atoms with van der Waals surface area (Å²) in [4.78, 5) is 12.3. The fraction of sp³-hybridized carbons (Fsp3) is 0.278. The van der Waals surface area contributed by atoms with Gasteiger partial charge in [-0.3, -0.25) is 9.10 Å². The summed E-state index contributed by atoms with van der Waals surface area (Å²) in [5, 5.41) is 2.69. The molecule has 0 radical (unpaired) electrons. The second kappa shape index (κ2) is 6.84. The van der Waals surface area contributed by atoms with E-state index in [-0.39, 0.29) is 17.5 Å². The molecule has 0 saturated carbocycles. The van der Waals surface area contributed by atoms with Gasteiger partial charge in [0.2, 0.25) is 10.0 Å². The number of aryl methyl sites for hydroxylation is 1. The van der Waals surface area contributed by atoms with Gasteiger partial charge in [-0.1, -0.05) is 0 Å². The molecule has 7 heteroatoms. The van der Waals surface area contributed by atoms with E-state index in [1.54, 1.807) is 25.1 Å². The molecule has 3 rings (SSSR count). The predicted molar refractivity (Wildman–Crippen MR) is 95.9 cm³/mol. The Balaban J connectivity index is 1.81. The Morgan fingerprint density at radius 3 is 2.48 bits per heavy atom. The number of benzene rings is 2. The summed E-state index contributed by atoms with van der Waals surface area (Å²) < 4.78 is 38.8. The zero-order chi connectivity index (χ0) is 18.0. The molecular weight excluding hydrogens is 343 g/mol. The standard InChI is InChI=1S/C18H19FN2O3S/c1-13-12-14(18(22)20-16-7-5-15(19)6-8-16)4-9-17(13)21-10-2-3-11-25(21,23)24/h4-9,12H,2-3,10-11H2,1H3,(H,20,22). The van der Waals surface area contributed by atoms with Crippen LogP contribution in [-0.4, -0.2) is 26.6 Å². The van der Waals surface area contributed by atoms with Crippen molar-refractivity contribution in [1.29, 1.82) is 0 Å². The molecule has 5 nitrogen and oxygen atoms in total. The second-order valence-electron chi connectivity index (χ2n) is 6.06. The molecule has 0 aliphatic carbocycles. The van der Waals surface area contributed by atoms with E-state index in [9.17, 15) is 17.6 Å². The molecule has 25 heavy (non-hydrogen) atoms. The lowest BCUT2D eigenvalue weighted by molar-refractivity contribution is 0.102. The number of nitrogens with zero attached hydrogens (tertiary/aromatic N) is 1. The van der Waals surface area contributed by atoms with E-state index in [0.717, 1.165) is 12.0 Å². The second-order valence-corrected chi connectivity index (χ2v) is 8.07. The normalized spacial score (nSPS) is 16.5. The number of rotatable bonds is 3. The SMILES string of the molecule is Cc1cc(C(=O)Nc2ccc(F)cc2)ccc1N1CCCCS1(=O)=O. The van der Waals surface area contributed by atoms with E-state index in [4.69, 9.17) is 0 Å². The Kier molecular flexibility index (Phi) is 4.76. The monoisotopic (exact) mass is 362 g/mol. The Bertz CT molecular complexity index is 895. The molecule has 132 valence electrons. The van der Waals surface area contributed by atoms with Crippen molar-refractivity contribution in [3.05, 3.63) is 59.4 Å². The van der Waals surface area contributed by atoms with Gasteiger partial charge in [-0.05, 0) is 67.8 Å². The molecular formula is C18H19FN2O3S. The van der Waals surface area contributed by atoms with E-state index in [1.807, 2.05) is 0 Å². The van der Waals surface area contributed by atoms with Crippen molar-refractivity contribution in [2.45, 2.75) is 19.8 Å². The molecule has 1 amide bonds. The van der Waals surface area contributed by atoms with Crippen LogP contribution in [-0.2, 0) is 10.0 Å². The summed E-state index contributed by atoms with van der Waals surface area (Å²) in [7, 11) is -3.29. The average Bonchev–Trinajstić information content (AvgIpc) is 2.57. The molecule has 1 aliphatic heterocycles. The summed E-state index contributed by atoms with van der Waals surface area (Å²) in [6, 6.07) is 10.4. The Morgan fingerprint density at radius 2 is 1.84 bits per heavy atom. The first kappa shape index (κ1) is 17.4. The van der Waals surface area contributed by atoms with E-state index in [2.05, 4.69) is 5.32 Å². The maximum absolute atomic E-state index is 12.9. The first-order valence-corrected chi connectivity index (χ1v) is 9.66. The molecule has 1 heterocycles. The van der Waals surface area contributed by atoms with Gasteiger partial charge in [0.05, 0.1) is 11.4 Å². The highest BCUT2D eigenvalue weighted by molar-refractivity contribution is 7.92. The molecule has 2 aromatic carbocycles. The zero-order valence-electron chi connectivity index (χ0n) is 13.8. The molecule has 0 aromatic heterocycles. The fourth-order valence-corrected chi connectivity index (χ4v) is 4.57. The number of amides is 1. The molecule has 0 spiro atoms. The lowest BCUT2D eigenvalue weighted by Gasteiger charge is -2.29. The molecule has 1 N–H and O–H groups in total. The fourth-order valence-electron chi connectivity index (χ4n) is 2.87. The predicted octanol–water partition coefficient (Wildman–Crippen LogP) is 3.32. The minimum atomic E-state index is -3.29. The zero-order valence-corrected chi connectivity index (χ0v) is 14.6. The van der Waals surface area contributed by atoms with Crippen molar-refractivity contribution in [3.63, 3.8) is 0 Å². The van der Waals surface area contributed by atoms with Gasteiger partial charge in [-0.25, -0.2) is 12.8 Å². The van der Waals surface area contributed by atoms with E-state index < -0.39 is 10.0 Å². The van der Waals surface area contributed by atoms with Gasteiger partial charge in [0.25, 0.3) is 5.91 Å². The molecule has 1 saturated heterocycles. The van der Waals surface area contributed by atoms with E-state index in [1.165, 1.54) is 28.6 Å². The van der Waals surface area contributed by atoms with Crippen LogP contribution in [0.25, 0.3) is 0 Å². The van der Waals surface area contributed by atoms with Gasteiger partial charge in [0.15, 0.2) is 0 Å².